The Bertz CT molecular complexity index is 1320. The third-order valence-electron chi connectivity index (χ3n) is 5.70. The van der Waals surface area contributed by atoms with Crippen LogP contribution in [0.15, 0.2) is 48.5 Å². The van der Waals surface area contributed by atoms with Crippen LogP contribution in [0.1, 0.15) is 47.5 Å². The van der Waals surface area contributed by atoms with Gasteiger partial charge in [0.1, 0.15) is 11.9 Å². The van der Waals surface area contributed by atoms with Crippen LogP contribution in [0.25, 0.3) is 11.3 Å². The number of methoxy groups -OCH3 is 1. The largest absolute Gasteiger partial charge is 0.493 e. The van der Waals surface area contributed by atoms with Gasteiger partial charge in [-0.15, -0.1) is 0 Å². The van der Waals surface area contributed by atoms with Crippen molar-refractivity contribution in [2.24, 2.45) is 0 Å². The van der Waals surface area contributed by atoms with Gasteiger partial charge in [-0.1, -0.05) is 11.6 Å². The number of nitrogens with one attached hydrogen (secondary N) is 2. The Hall–Kier alpha value is -3.69. The number of rotatable bonds is 10. The molecule has 8 nitrogen and oxygen atoms in total. The summed E-state index contributed by atoms with van der Waals surface area (Å²) in [6.07, 6.45) is 1.03. The van der Waals surface area contributed by atoms with Crippen LogP contribution in [0, 0.1) is 5.82 Å². The summed E-state index contributed by atoms with van der Waals surface area (Å²) in [6.45, 7) is 1.47. The molecule has 0 bridgehead atoms. The zero-order chi connectivity index (χ0) is 26.5. The number of pyridine rings is 1. The van der Waals surface area contributed by atoms with Crippen LogP contribution < -0.4 is 20.1 Å². The molecule has 1 atom stereocenters. The average Bonchev–Trinajstić information content (AvgIpc) is 3.71. The summed E-state index contributed by atoms with van der Waals surface area (Å²) in [7, 11) is 1.51. The van der Waals surface area contributed by atoms with E-state index in [0.717, 1.165) is 12.8 Å². The van der Waals surface area contributed by atoms with Crippen molar-refractivity contribution in [3.63, 3.8) is 0 Å². The van der Waals surface area contributed by atoms with Crippen LogP contribution in [0.2, 0.25) is 5.02 Å². The molecule has 1 aromatic heterocycles. The summed E-state index contributed by atoms with van der Waals surface area (Å²) in [6, 6.07) is 12.4. The smallest absolute Gasteiger partial charge is 0.251 e. The topological polar surface area (TPSA) is 110 Å². The molecule has 3 N–H and O–H groups in total. The summed E-state index contributed by atoms with van der Waals surface area (Å²) in [5.41, 5.74) is 2.25. The molecular weight excluding hydrogens is 501 g/mol. The number of carbonyl (C=O) groups is 2. The fourth-order valence-corrected chi connectivity index (χ4v) is 3.76. The second-order valence-corrected chi connectivity index (χ2v) is 9.14. The standard InChI is InChI=1S/C27H27ClFN3O5/c1-15(33)30-13-16-9-22(17-3-7-21(29)20(28)11-17)32-23(10-16)24(34)14-31-27(35)18-4-8-25(26(12-18)36-2)37-19-5-6-19/h3-4,7-12,19,24,34H,5-6,13-14H2,1-2H3,(H,30,33)(H,31,35). The minimum absolute atomic E-state index is 0.0649. The minimum Gasteiger partial charge on any atom is -0.493 e. The maximum atomic E-state index is 13.7. The SMILES string of the molecule is COc1cc(C(=O)NCC(O)c2cc(CNC(C)=O)cc(-c3ccc(F)c(Cl)c3)n2)ccc1OC1CC1. The first kappa shape index (κ1) is 26.4. The number of hydrogen-bond acceptors (Lipinski definition) is 6. The van der Waals surface area contributed by atoms with Crippen LogP contribution >= 0.6 is 11.6 Å². The molecule has 4 rings (SSSR count). The Morgan fingerprint density at radius 3 is 2.59 bits per heavy atom. The summed E-state index contributed by atoms with van der Waals surface area (Å²) in [5, 5.41) is 16.2. The molecule has 1 aliphatic carbocycles. The van der Waals surface area contributed by atoms with E-state index in [1.165, 1.54) is 32.2 Å². The van der Waals surface area contributed by atoms with Gasteiger partial charge in [-0.3, -0.25) is 9.59 Å². The van der Waals surface area contributed by atoms with Gasteiger partial charge in [0, 0.05) is 31.1 Å². The molecule has 3 aromatic rings. The number of amides is 2. The van der Waals surface area contributed by atoms with E-state index in [1.54, 1.807) is 30.3 Å². The molecule has 1 aliphatic rings. The van der Waals surface area contributed by atoms with Crippen molar-refractivity contribution in [1.82, 2.24) is 15.6 Å². The fraction of sp³-hybridized carbons (Fsp3) is 0.296. The summed E-state index contributed by atoms with van der Waals surface area (Å²) in [4.78, 5) is 28.7. The maximum Gasteiger partial charge on any atom is 0.251 e. The molecule has 10 heteroatoms. The van der Waals surface area contributed by atoms with Gasteiger partial charge in [0.05, 0.1) is 29.6 Å². The fourth-order valence-electron chi connectivity index (χ4n) is 3.58. The molecule has 1 unspecified atom stereocenters. The van der Waals surface area contributed by atoms with E-state index < -0.39 is 17.8 Å². The monoisotopic (exact) mass is 527 g/mol. The molecule has 0 saturated heterocycles. The van der Waals surface area contributed by atoms with E-state index in [0.29, 0.717) is 33.9 Å². The Balaban J connectivity index is 1.50. The lowest BCUT2D eigenvalue weighted by atomic mass is 10.1. The molecule has 1 heterocycles. The van der Waals surface area contributed by atoms with Gasteiger partial charge in [0.15, 0.2) is 11.5 Å². The molecular formula is C27H27ClFN3O5. The van der Waals surface area contributed by atoms with E-state index in [1.807, 2.05) is 0 Å². The quantitative estimate of drug-likeness (QED) is 0.365. The van der Waals surface area contributed by atoms with Gasteiger partial charge < -0.3 is 25.2 Å². The molecule has 194 valence electrons. The van der Waals surface area contributed by atoms with E-state index in [-0.39, 0.29) is 35.8 Å². The number of aliphatic hydroxyl groups is 1. The van der Waals surface area contributed by atoms with Gasteiger partial charge in [0.25, 0.3) is 5.91 Å². The van der Waals surface area contributed by atoms with Crippen molar-refractivity contribution in [1.29, 1.82) is 0 Å². The van der Waals surface area contributed by atoms with Crippen LogP contribution in [-0.4, -0.2) is 41.7 Å². The Morgan fingerprint density at radius 1 is 1.14 bits per heavy atom. The third-order valence-corrected chi connectivity index (χ3v) is 5.99. The highest BCUT2D eigenvalue weighted by Crippen LogP contribution is 2.34. The highest BCUT2D eigenvalue weighted by Gasteiger charge is 2.25. The van der Waals surface area contributed by atoms with Crippen molar-refractivity contribution in [3.05, 3.63) is 76.2 Å². The molecule has 0 aliphatic heterocycles. The zero-order valence-electron chi connectivity index (χ0n) is 20.4. The van der Waals surface area contributed by atoms with Gasteiger partial charge >= 0.3 is 0 Å². The number of aliphatic hydroxyl groups excluding tert-OH is 1. The van der Waals surface area contributed by atoms with Crippen LogP contribution in [0.3, 0.4) is 0 Å². The lowest BCUT2D eigenvalue weighted by Crippen LogP contribution is -2.29. The van der Waals surface area contributed by atoms with E-state index in [4.69, 9.17) is 21.1 Å². The number of nitrogens with zero attached hydrogens (tertiary/aromatic N) is 1. The average molecular weight is 528 g/mol. The lowest BCUT2D eigenvalue weighted by Gasteiger charge is -2.16. The second kappa shape index (κ2) is 11.6. The third kappa shape index (κ3) is 6.96. The number of aromatic nitrogens is 1. The lowest BCUT2D eigenvalue weighted by molar-refractivity contribution is -0.119. The number of carbonyl (C=O) groups excluding carboxylic acids is 2. The molecule has 1 fully saturated rings. The first-order valence-corrected chi connectivity index (χ1v) is 12.1. The number of halogens is 2. The van der Waals surface area contributed by atoms with E-state index in [9.17, 15) is 19.1 Å². The van der Waals surface area contributed by atoms with Gasteiger partial charge in [-0.2, -0.15) is 0 Å². The van der Waals surface area contributed by atoms with Crippen molar-refractivity contribution < 1.29 is 28.6 Å². The molecule has 2 amide bonds. The number of ether oxygens (including phenoxy) is 2. The van der Waals surface area contributed by atoms with E-state index >= 15 is 0 Å². The van der Waals surface area contributed by atoms with Gasteiger partial charge in [-0.05, 0) is 66.9 Å². The zero-order valence-corrected chi connectivity index (χ0v) is 21.1. The minimum atomic E-state index is -1.16. The molecule has 2 aromatic carbocycles. The van der Waals surface area contributed by atoms with Crippen molar-refractivity contribution in [2.45, 2.75) is 38.5 Å². The normalized spacial score (nSPS) is 13.5. The van der Waals surface area contributed by atoms with Crippen LogP contribution in [0.5, 0.6) is 11.5 Å². The van der Waals surface area contributed by atoms with Crippen molar-refractivity contribution in [3.8, 4) is 22.8 Å². The predicted molar refractivity (Wildman–Crippen MR) is 136 cm³/mol. The Kier molecular flexibility index (Phi) is 8.25. The molecule has 1 saturated carbocycles. The first-order chi connectivity index (χ1) is 17.7. The highest BCUT2D eigenvalue weighted by atomic mass is 35.5. The molecule has 0 radical (unpaired) electrons. The van der Waals surface area contributed by atoms with Crippen molar-refractivity contribution in [2.75, 3.05) is 13.7 Å². The highest BCUT2D eigenvalue weighted by molar-refractivity contribution is 6.31. The molecule has 37 heavy (non-hydrogen) atoms. The van der Waals surface area contributed by atoms with Gasteiger partial charge in [0.2, 0.25) is 5.91 Å². The van der Waals surface area contributed by atoms with Gasteiger partial charge in [-0.25, -0.2) is 9.37 Å². The first-order valence-electron chi connectivity index (χ1n) is 11.7. The predicted octanol–water partition coefficient (Wildman–Crippen LogP) is 4.19. The summed E-state index contributed by atoms with van der Waals surface area (Å²) >= 11 is 5.94. The molecule has 0 spiro atoms. The van der Waals surface area contributed by atoms with Crippen LogP contribution in [-0.2, 0) is 11.3 Å². The van der Waals surface area contributed by atoms with Crippen molar-refractivity contribution >= 4 is 23.4 Å². The maximum absolute atomic E-state index is 13.7. The summed E-state index contributed by atoms with van der Waals surface area (Å²) in [5.74, 6) is -0.159. The Morgan fingerprint density at radius 2 is 1.92 bits per heavy atom. The van der Waals surface area contributed by atoms with Crippen LogP contribution in [0.4, 0.5) is 4.39 Å². The summed E-state index contributed by atoms with van der Waals surface area (Å²) < 4.78 is 24.8. The number of hydrogen-bond donors (Lipinski definition) is 3. The Labute approximate surface area is 218 Å². The second-order valence-electron chi connectivity index (χ2n) is 8.73. The number of benzene rings is 2. The van der Waals surface area contributed by atoms with E-state index in [2.05, 4.69) is 15.6 Å².